The number of aromatic nitrogens is 1. The van der Waals surface area contributed by atoms with E-state index < -0.39 is 0 Å². The fourth-order valence-corrected chi connectivity index (χ4v) is 4.20. The van der Waals surface area contributed by atoms with Crippen LogP contribution >= 0.6 is 0 Å². The SMILES string of the molecule is O=CO.O=CO.c1ccc2c(N[C@H]3C[C@H]4CO[C@@H](C5CC5)CN4C3)ccnc2c1. The maximum absolute atomic E-state index is 8.36. The summed E-state index contributed by atoms with van der Waals surface area (Å²) in [6, 6.07) is 11.6. The summed E-state index contributed by atoms with van der Waals surface area (Å²) in [5, 5.41) is 18.8. The van der Waals surface area contributed by atoms with E-state index in [1.807, 2.05) is 12.3 Å². The lowest BCUT2D eigenvalue weighted by molar-refractivity contribution is -0.123. The Morgan fingerprint density at radius 2 is 1.83 bits per heavy atom. The molecule has 3 fully saturated rings. The fourth-order valence-electron chi connectivity index (χ4n) is 4.20. The number of carbonyl (C=O) groups is 2. The minimum Gasteiger partial charge on any atom is -0.483 e. The van der Waals surface area contributed by atoms with Crippen molar-refractivity contribution in [3.8, 4) is 0 Å². The molecule has 3 heterocycles. The normalized spacial score (nSPS) is 25.6. The van der Waals surface area contributed by atoms with E-state index >= 15 is 0 Å². The molecule has 156 valence electrons. The number of para-hydroxylation sites is 1. The second-order valence-corrected chi connectivity index (χ2v) is 7.48. The minimum atomic E-state index is -0.250. The molecule has 3 atom stereocenters. The molecule has 1 aliphatic carbocycles. The van der Waals surface area contributed by atoms with Crippen LogP contribution in [0.2, 0.25) is 0 Å². The first-order valence-corrected chi connectivity index (χ1v) is 9.81. The second-order valence-electron chi connectivity index (χ2n) is 7.48. The predicted molar refractivity (Wildman–Crippen MR) is 109 cm³/mol. The predicted octanol–water partition coefficient (Wildman–Crippen LogP) is 2.30. The van der Waals surface area contributed by atoms with Gasteiger partial charge in [-0.05, 0) is 37.3 Å². The van der Waals surface area contributed by atoms with Gasteiger partial charge in [0.1, 0.15) is 0 Å². The van der Waals surface area contributed by atoms with E-state index in [1.165, 1.54) is 30.3 Å². The summed E-state index contributed by atoms with van der Waals surface area (Å²) < 4.78 is 6.11. The molecular formula is C21H27N3O5. The van der Waals surface area contributed by atoms with E-state index in [9.17, 15) is 0 Å². The van der Waals surface area contributed by atoms with Crippen molar-refractivity contribution in [3.05, 3.63) is 36.5 Å². The average molecular weight is 401 g/mol. The number of hydrogen-bond acceptors (Lipinski definition) is 6. The highest BCUT2D eigenvalue weighted by atomic mass is 16.5. The van der Waals surface area contributed by atoms with Gasteiger partial charge in [0.2, 0.25) is 0 Å². The first-order valence-electron chi connectivity index (χ1n) is 9.81. The van der Waals surface area contributed by atoms with Crippen LogP contribution in [0.3, 0.4) is 0 Å². The molecule has 0 spiro atoms. The standard InChI is InChI=1S/C19H23N3O.2CH2O2/c1-2-4-17-16(3-1)18(7-8-20-17)21-14-9-15-12-23-19(13-5-6-13)11-22(15)10-14;2*2-1-3/h1-4,7-8,13-15,19H,5-6,9-12H2,(H,20,21);2*1H,(H,2,3)/t14-,15-,19+;;/m0../s1. The Morgan fingerprint density at radius 1 is 1.10 bits per heavy atom. The molecule has 0 amide bonds. The van der Waals surface area contributed by atoms with E-state index in [1.54, 1.807) is 0 Å². The van der Waals surface area contributed by atoms with Gasteiger partial charge in [-0.2, -0.15) is 0 Å². The van der Waals surface area contributed by atoms with E-state index in [4.69, 9.17) is 24.5 Å². The van der Waals surface area contributed by atoms with Crippen molar-refractivity contribution in [3.63, 3.8) is 0 Å². The third kappa shape index (κ3) is 5.42. The van der Waals surface area contributed by atoms with Gasteiger partial charge in [-0.25, -0.2) is 0 Å². The molecule has 29 heavy (non-hydrogen) atoms. The lowest BCUT2D eigenvalue weighted by Crippen LogP contribution is -2.47. The quantitative estimate of drug-likeness (QED) is 0.672. The lowest BCUT2D eigenvalue weighted by atomic mass is 10.1. The number of rotatable bonds is 3. The third-order valence-electron chi connectivity index (χ3n) is 5.60. The van der Waals surface area contributed by atoms with Gasteiger partial charge in [0.25, 0.3) is 12.9 Å². The van der Waals surface area contributed by atoms with Gasteiger partial charge in [-0.3, -0.25) is 19.5 Å². The zero-order chi connectivity index (χ0) is 20.6. The summed E-state index contributed by atoms with van der Waals surface area (Å²) in [7, 11) is 0. The summed E-state index contributed by atoms with van der Waals surface area (Å²) >= 11 is 0. The largest absolute Gasteiger partial charge is 0.483 e. The number of hydrogen-bond donors (Lipinski definition) is 3. The maximum Gasteiger partial charge on any atom is 0.290 e. The monoisotopic (exact) mass is 401 g/mol. The zero-order valence-corrected chi connectivity index (χ0v) is 16.2. The van der Waals surface area contributed by atoms with Crippen LogP contribution in [0.5, 0.6) is 0 Å². The number of fused-ring (bicyclic) bond motifs is 2. The Kier molecular flexibility index (Phi) is 7.37. The van der Waals surface area contributed by atoms with Crippen molar-refractivity contribution >= 4 is 29.5 Å². The van der Waals surface area contributed by atoms with E-state index in [0.29, 0.717) is 18.2 Å². The Hall–Kier alpha value is -2.71. The van der Waals surface area contributed by atoms with Crippen molar-refractivity contribution in [1.82, 2.24) is 9.88 Å². The molecule has 3 aliphatic rings. The molecule has 0 bridgehead atoms. The molecule has 2 aromatic rings. The van der Waals surface area contributed by atoms with Crippen LogP contribution in [-0.4, -0.2) is 70.9 Å². The zero-order valence-electron chi connectivity index (χ0n) is 16.2. The molecule has 1 saturated carbocycles. The molecule has 5 rings (SSSR count). The van der Waals surface area contributed by atoms with Gasteiger partial charge >= 0.3 is 0 Å². The number of nitrogens with one attached hydrogen (secondary N) is 1. The van der Waals surface area contributed by atoms with Crippen LogP contribution in [0.4, 0.5) is 5.69 Å². The first kappa shape index (κ1) is 21.0. The highest BCUT2D eigenvalue weighted by Gasteiger charge is 2.42. The number of pyridine rings is 1. The van der Waals surface area contributed by atoms with Gasteiger partial charge < -0.3 is 20.3 Å². The van der Waals surface area contributed by atoms with E-state index in [2.05, 4.69) is 39.5 Å². The van der Waals surface area contributed by atoms with Crippen LogP contribution in [-0.2, 0) is 14.3 Å². The molecule has 2 aliphatic heterocycles. The van der Waals surface area contributed by atoms with Gasteiger partial charge in [0.15, 0.2) is 0 Å². The number of carboxylic acid groups (broad SMARTS) is 2. The number of morpholine rings is 1. The highest BCUT2D eigenvalue weighted by Crippen LogP contribution is 2.38. The van der Waals surface area contributed by atoms with Gasteiger partial charge in [-0.1, -0.05) is 18.2 Å². The number of benzene rings is 1. The Balaban J connectivity index is 0.000000361. The maximum atomic E-state index is 8.36. The van der Waals surface area contributed by atoms with Gasteiger partial charge in [-0.15, -0.1) is 0 Å². The summed E-state index contributed by atoms with van der Waals surface area (Å²) in [6.45, 7) is 2.68. The van der Waals surface area contributed by atoms with Crippen molar-refractivity contribution < 1.29 is 24.5 Å². The topological polar surface area (TPSA) is 112 Å². The molecule has 8 nitrogen and oxygen atoms in total. The lowest BCUT2D eigenvalue weighted by Gasteiger charge is -2.35. The summed E-state index contributed by atoms with van der Waals surface area (Å²) in [6.07, 6.45) is 6.31. The molecule has 0 unspecified atom stereocenters. The van der Waals surface area contributed by atoms with Crippen molar-refractivity contribution in [2.45, 2.75) is 37.5 Å². The summed E-state index contributed by atoms with van der Waals surface area (Å²) in [5.74, 6) is 0.840. The molecule has 3 N–H and O–H groups in total. The van der Waals surface area contributed by atoms with E-state index in [0.717, 1.165) is 31.1 Å². The van der Waals surface area contributed by atoms with Gasteiger partial charge in [0.05, 0.1) is 18.2 Å². The minimum absolute atomic E-state index is 0.250. The second kappa shape index (κ2) is 10.2. The molecule has 1 aromatic carbocycles. The molecule has 0 radical (unpaired) electrons. The van der Waals surface area contributed by atoms with Crippen LogP contribution < -0.4 is 5.32 Å². The van der Waals surface area contributed by atoms with Crippen LogP contribution in [0.15, 0.2) is 36.5 Å². The average Bonchev–Trinajstić information content (AvgIpc) is 3.49. The van der Waals surface area contributed by atoms with Crippen molar-refractivity contribution in [2.24, 2.45) is 5.92 Å². The van der Waals surface area contributed by atoms with Crippen LogP contribution in [0.25, 0.3) is 10.9 Å². The third-order valence-corrected chi connectivity index (χ3v) is 5.60. The number of nitrogens with zero attached hydrogens (tertiary/aromatic N) is 2. The van der Waals surface area contributed by atoms with Crippen molar-refractivity contribution in [2.75, 3.05) is 25.0 Å². The summed E-state index contributed by atoms with van der Waals surface area (Å²) in [5.41, 5.74) is 2.27. The molecular weight excluding hydrogens is 374 g/mol. The summed E-state index contributed by atoms with van der Waals surface area (Å²) in [4.78, 5) is 23.8. The van der Waals surface area contributed by atoms with Crippen molar-refractivity contribution in [1.29, 1.82) is 0 Å². The highest BCUT2D eigenvalue weighted by molar-refractivity contribution is 5.90. The van der Waals surface area contributed by atoms with Gasteiger partial charge in [0, 0.05) is 42.4 Å². The molecule has 8 heteroatoms. The smallest absolute Gasteiger partial charge is 0.290 e. The number of anilines is 1. The Labute approximate surface area is 169 Å². The molecule has 2 saturated heterocycles. The molecule has 1 aromatic heterocycles. The van der Waals surface area contributed by atoms with Crippen LogP contribution in [0, 0.1) is 5.92 Å². The number of ether oxygens (including phenoxy) is 1. The Bertz CT molecular complexity index is 803. The fraction of sp³-hybridized carbons (Fsp3) is 0.476. The first-order chi connectivity index (χ1) is 14.2. The van der Waals surface area contributed by atoms with E-state index in [-0.39, 0.29) is 12.9 Å². The van der Waals surface area contributed by atoms with Crippen LogP contribution in [0.1, 0.15) is 19.3 Å². The Morgan fingerprint density at radius 3 is 2.55 bits per heavy atom.